The highest BCUT2D eigenvalue weighted by molar-refractivity contribution is 5.23. The van der Waals surface area contributed by atoms with Crippen LogP contribution in [0, 0.1) is 23.7 Å². The molecule has 118 valence electrons. The summed E-state index contributed by atoms with van der Waals surface area (Å²) < 4.78 is 5.07. The van der Waals surface area contributed by atoms with E-state index >= 15 is 0 Å². The van der Waals surface area contributed by atoms with Crippen LogP contribution in [0.1, 0.15) is 58.3 Å². The van der Waals surface area contributed by atoms with Crippen LogP contribution in [0.25, 0.3) is 0 Å². The lowest BCUT2D eigenvalue weighted by Gasteiger charge is -2.37. The molecule has 2 fully saturated rings. The van der Waals surface area contributed by atoms with Gasteiger partial charge < -0.3 is 4.74 Å². The van der Waals surface area contributed by atoms with E-state index in [0.29, 0.717) is 11.7 Å². The van der Waals surface area contributed by atoms with Gasteiger partial charge in [0, 0.05) is 0 Å². The van der Waals surface area contributed by atoms with Crippen molar-refractivity contribution < 1.29 is 4.74 Å². The first-order chi connectivity index (χ1) is 10.1. The third kappa shape index (κ3) is 4.76. The third-order valence-electron chi connectivity index (χ3n) is 5.77. The van der Waals surface area contributed by atoms with Crippen LogP contribution in [0.2, 0.25) is 0 Å². The number of rotatable bonds is 5. The van der Waals surface area contributed by atoms with Gasteiger partial charge in [0.1, 0.15) is 5.76 Å². The summed E-state index contributed by atoms with van der Waals surface area (Å²) in [7, 11) is 1.66. The summed E-state index contributed by atoms with van der Waals surface area (Å²) in [6, 6.07) is 0. The number of hydrogen-bond donors (Lipinski definition) is 0. The topological polar surface area (TPSA) is 9.23 Å². The molecule has 0 atom stereocenters. The van der Waals surface area contributed by atoms with Gasteiger partial charge in [-0.2, -0.15) is 0 Å². The summed E-state index contributed by atoms with van der Waals surface area (Å²) in [5.41, 5.74) is 1.25. The van der Waals surface area contributed by atoms with E-state index in [2.05, 4.69) is 26.2 Å². The van der Waals surface area contributed by atoms with Gasteiger partial charge >= 0.3 is 0 Å². The van der Waals surface area contributed by atoms with Crippen LogP contribution in [0.4, 0.5) is 0 Å². The highest BCUT2D eigenvalue weighted by atomic mass is 16.5. The standard InChI is InChI=1S/C20H32O/c1-15-5-9-19(10-6-15)20-13-11-18(12-14-20)16(2)7-8-17(3)21-4/h7-8,15,18-20H,2-3,5-6,9-14H2,1,4H3/b8-7-. The Bertz CT molecular complexity index is 377. The van der Waals surface area contributed by atoms with Gasteiger partial charge in [0.05, 0.1) is 7.11 Å². The molecule has 2 rings (SSSR count). The molecule has 0 N–H and O–H groups in total. The van der Waals surface area contributed by atoms with Crippen molar-refractivity contribution in [2.24, 2.45) is 23.7 Å². The second-order valence-corrected chi connectivity index (χ2v) is 7.21. The van der Waals surface area contributed by atoms with Gasteiger partial charge in [0.25, 0.3) is 0 Å². The zero-order valence-corrected chi connectivity index (χ0v) is 13.9. The SMILES string of the molecule is C=C(/C=C\C(=C)C1CCC(C2CCC(C)CC2)CC1)OC. The molecule has 0 heterocycles. The molecule has 0 aliphatic heterocycles. The van der Waals surface area contributed by atoms with E-state index in [1.165, 1.54) is 56.9 Å². The van der Waals surface area contributed by atoms with Crippen molar-refractivity contribution in [1.29, 1.82) is 0 Å². The van der Waals surface area contributed by atoms with Crippen LogP contribution in [-0.2, 0) is 4.74 Å². The molecule has 1 nitrogen and oxygen atoms in total. The maximum absolute atomic E-state index is 5.07. The van der Waals surface area contributed by atoms with Gasteiger partial charge in [-0.05, 0) is 68.3 Å². The van der Waals surface area contributed by atoms with Crippen LogP contribution in [0.3, 0.4) is 0 Å². The third-order valence-corrected chi connectivity index (χ3v) is 5.77. The Labute approximate surface area is 131 Å². The Kier molecular flexibility index (Phi) is 6.14. The molecule has 0 spiro atoms. The first-order valence-electron chi connectivity index (χ1n) is 8.70. The maximum Gasteiger partial charge on any atom is 0.111 e. The molecule has 2 saturated carbocycles. The van der Waals surface area contributed by atoms with Gasteiger partial charge in [0.15, 0.2) is 0 Å². The lowest BCUT2D eigenvalue weighted by Crippen LogP contribution is -2.25. The van der Waals surface area contributed by atoms with Crippen LogP contribution in [-0.4, -0.2) is 7.11 Å². The molecular weight excluding hydrogens is 256 g/mol. The molecule has 0 bridgehead atoms. The lowest BCUT2D eigenvalue weighted by atomic mass is 9.68. The molecule has 0 saturated heterocycles. The van der Waals surface area contributed by atoms with E-state index in [-0.39, 0.29) is 0 Å². The van der Waals surface area contributed by atoms with E-state index in [1.807, 2.05) is 6.08 Å². The van der Waals surface area contributed by atoms with Crippen molar-refractivity contribution in [3.8, 4) is 0 Å². The minimum Gasteiger partial charge on any atom is -0.497 e. The van der Waals surface area contributed by atoms with E-state index in [0.717, 1.165) is 17.8 Å². The minimum atomic E-state index is 0.671. The fraction of sp³-hybridized carbons (Fsp3) is 0.700. The molecule has 0 radical (unpaired) electrons. The predicted octanol–water partition coefficient (Wildman–Crippen LogP) is 5.89. The van der Waals surface area contributed by atoms with Crippen molar-refractivity contribution in [3.05, 3.63) is 36.6 Å². The van der Waals surface area contributed by atoms with Gasteiger partial charge in [-0.1, -0.05) is 44.6 Å². The summed E-state index contributed by atoms with van der Waals surface area (Å²) in [5.74, 6) is 4.35. The summed E-state index contributed by atoms with van der Waals surface area (Å²) in [6.07, 6.45) is 15.4. The van der Waals surface area contributed by atoms with Crippen LogP contribution >= 0.6 is 0 Å². The summed E-state index contributed by atoms with van der Waals surface area (Å²) in [5, 5.41) is 0. The Balaban J connectivity index is 1.76. The molecule has 0 aromatic heterocycles. The Morgan fingerprint density at radius 3 is 1.90 bits per heavy atom. The predicted molar refractivity (Wildman–Crippen MR) is 91.0 cm³/mol. The van der Waals surface area contributed by atoms with Gasteiger partial charge in [-0.3, -0.25) is 0 Å². The van der Waals surface area contributed by atoms with Gasteiger partial charge in [-0.15, -0.1) is 0 Å². The fourth-order valence-electron chi connectivity index (χ4n) is 4.12. The Morgan fingerprint density at radius 2 is 1.38 bits per heavy atom. The van der Waals surface area contributed by atoms with E-state index < -0.39 is 0 Å². The number of methoxy groups -OCH3 is 1. The van der Waals surface area contributed by atoms with Gasteiger partial charge in [-0.25, -0.2) is 0 Å². The van der Waals surface area contributed by atoms with Crippen molar-refractivity contribution >= 4 is 0 Å². The first kappa shape index (κ1) is 16.4. The maximum atomic E-state index is 5.07. The molecule has 0 aromatic carbocycles. The zero-order chi connectivity index (χ0) is 15.2. The Hall–Kier alpha value is -0.980. The molecule has 2 aliphatic carbocycles. The van der Waals surface area contributed by atoms with Crippen LogP contribution < -0.4 is 0 Å². The molecule has 1 heteroatoms. The highest BCUT2D eigenvalue weighted by Gasteiger charge is 2.30. The van der Waals surface area contributed by atoms with E-state index in [9.17, 15) is 0 Å². The summed E-state index contributed by atoms with van der Waals surface area (Å²) >= 11 is 0. The average Bonchev–Trinajstić information content (AvgIpc) is 2.53. The average molecular weight is 288 g/mol. The molecule has 0 aromatic rings. The second kappa shape index (κ2) is 7.87. The molecule has 2 aliphatic rings. The highest BCUT2D eigenvalue weighted by Crippen LogP contribution is 2.42. The minimum absolute atomic E-state index is 0.671. The second-order valence-electron chi connectivity index (χ2n) is 7.21. The van der Waals surface area contributed by atoms with E-state index in [4.69, 9.17) is 4.74 Å². The number of allylic oxidation sites excluding steroid dienone is 3. The Morgan fingerprint density at radius 1 is 0.857 bits per heavy atom. The normalized spacial score (nSPS) is 33.8. The van der Waals surface area contributed by atoms with Crippen molar-refractivity contribution in [2.45, 2.75) is 58.3 Å². The van der Waals surface area contributed by atoms with Gasteiger partial charge in [0.2, 0.25) is 0 Å². The van der Waals surface area contributed by atoms with Crippen molar-refractivity contribution in [2.75, 3.05) is 7.11 Å². The summed E-state index contributed by atoms with van der Waals surface area (Å²) in [4.78, 5) is 0. The largest absolute Gasteiger partial charge is 0.497 e. The summed E-state index contributed by atoms with van der Waals surface area (Å²) in [6.45, 7) is 10.5. The molecule has 0 unspecified atom stereocenters. The lowest BCUT2D eigenvalue weighted by molar-refractivity contribution is 0.159. The molecule has 21 heavy (non-hydrogen) atoms. The quantitative estimate of drug-likeness (QED) is 0.452. The molecular formula is C20H32O. The zero-order valence-electron chi connectivity index (χ0n) is 13.9. The van der Waals surface area contributed by atoms with Crippen LogP contribution in [0.5, 0.6) is 0 Å². The smallest absolute Gasteiger partial charge is 0.111 e. The van der Waals surface area contributed by atoms with E-state index in [1.54, 1.807) is 7.11 Å². The molecule has 0 amide bonds. The number of ether oxygens (including phenoxy) is 1. The first-order valence-corrected chi connectivity index (χ1v) is 8.70. The van der Waals surface area contributed by atoms with Crippen molar-refractivity contribution in [1.82, 2.24) is 0 Å². The van der Waals surface area contributed by atoms with Crippen molar-refractivity contribution in [3.63, 3.8) is 0 Å². The monoisotopic (exact) mass is 288 g/mol. The fourth-order valence-corrected chi connectivity index (χ4v) is 4.12. The van der Waals surface area contributed by atoms with Crippen LogP contribution in [0.15, 0.2) is 36.6 Å². The number of hydrogen-bond acceptors (Lipinski definition) is 1.